The highest BCUT2D eigenvalue weighted by Crippen LogP contribution is 2.11. The molecule has 30 heavy (non-hydrogen) atoms. The zero-order valence-corrected chi connectivity index (χ0v) is 17.8. The number of aromatic nitrogens is 2. The maximum Gasteiger partial charge on any atom is 0.407 e. The SMILES string of the molecule is C[C@@H](CNOCC(=O)N1CCN(c2ncc(C#N)cn2)CC1)NC(=O)OC(C)(C)C. The Kier molecular flexibility index (Phi) is 8.32. The number of nitrogens with zero attached hydrogens (tertiary/aromatic N) is 5. The van der Waals surface area contributed by atoms with Crippen molar-refractivity contribution in [3.8, 4) is 6.07 Å². The van der Waals surface area contributed by atoms with Gasteiger partial charge in [-0.15, -0.1) is 0 Å². The Morgan fingerprint density at radius 3 is 2.43 bits per heavy atom. The van der Waals surface area contributed by atoms with Gasteiger partial charge in [0.05, 0.1) is 18.0 Å². The molecule has 0 saturated carbocycles. The first-order valence-electron chi connectivity index (χ1n) is 9.77. The predicted molar refractivity (Wildman–Crippen MR) is 108 cm³/mol. The molecular weight excluding hydrogens is 390 g/mol. The quantitative estimate of drug-likeness (QED) is 0.477. The molecule has 1 aliphatic heterocycles. The van der Waals surface area contributed by atoms with E-state index in [1.807, 2.05) is 11.0 Å². The van der Waals surface area contributed by atoms with E-state index in [2.05, 4.69) is 20.8 Å². The maximum absolute atomic E-state index is 12.3. The van der Waals surface area contributed by atoms with E-state index in [0.29, 0.717) is 44.2 Å². The molecule has 1 saturated heterocycles. The Labute approximate surface area is 176 Å². The standard InChI is InChI=1S/C19H29N7O4/c1-14(24-18(28)30-19(2,3)4)10-23-29-13-16(27)25-5-7-26(8-6-25)17-21-11-15(9-20)12-22-17/h11-12,14,23H,5-8,10,13H2,1-4H3,(H,24,28)/t14-/m0/s1. The molecule has 164 valence electrons. The lowest BCUT2D eigenvalue weighted by atomic mass is 10.2. The van der Waals surface area contributed by atoms with Crippen molar-refractivity contribution in [2.45, 2.75) is 39.3 Å². The number of carbonyl (C=O) groups is 2. The molecule has 2 heterocycles. The highest BCUT2D eigenvalue weighted by Gasteiger charge is 2.23. The molecule has 1 atom stereocenters. The second kappa shape index (κ2) is 10.7. The lowest BCUT2D eigenvalue weighted by molar-refractivity contribution is -0.139. The van der Waals surface area contributed by atoms with E-state index in [-0.39, 0.29) is 18.6 Å². The van der Waals surface area contributed by atoms with E-state index in [9.17, 15) is 9.59 Å². The first-order valence-corrected chi connectivity index (χ1v) is 9.77. The first kappa shape index (κ1) is 23.3. The molecule has 11 heteroatoms. The van der Waals surface area contributed by atoms with E-state index in [1.54, 1.807) is 32.6 Å². The van der Waals surface area contributed by atoms with Crippen molar-refractivity contribution in [1.82, 2.24) is 25.7 Å². The molecule has 1 aromatic rings. The summed E-state index contributed by atoms with van der Waals surface area (Å²) in [7, 11) is 0. The summed E-state index contributed by atoms with van der Waals surface area (Å²) in [5, 5.41) is 11.5. The summed E-state index contributed by atoms with van der Waals surface area (Å²) in [6, 6.07) is 1.75. The molecule has 1 aromatic heterocycles. The third-order valence-corrected chi connectivity index (χ3v) is 4.13. The lowest BCUT2D eigenvalue weighted by Gasteiger charge is -2.34. The third-order valence-electron chi connectivity index (χ3n) is 4.13. The Morgan fingerprint density at radius 2 is 1.87 bits per heavy atom. The number of amides is 2. The van der Waals surface area contributed by atoms with Gasteiger partial charge in [-0.25, -0.2) is 14.8 Å². The minimum atomic E-state index is -0.559. The predicted octanol–water partition coefficient (Wildman–Crippen LogP) is 0.431. The number of hydrogen-bond acceptors (Lipinski definition) is 9. The molecule has 0 bridgehead atoms. The van der Waals surface area contributed by atoms with Gasteiger partial charge in [-0.05, 0) is 27.7 Å². The summed E-state index contributed by atoms with van der Waals surface area (Å²) >= 11 is 0. The number of nitrogens with one attached hydrogen (secondary N) is 2. The van der Waals surface area contributed by atoms with Crippen LogP contribution in [0.1, 0.15) is 33.3 Å². The largest absolute Gasteiger partial charge is 0.444 e. The van der Waals surface area contributed by atoms with Crippen LogP contribution in [0.25, 0.3) is 0 Å². The van der Waals surface area contributed by atoms with Crippen LogP contribution in [-0.2, 0) is 14.4 Å². The van der Waals surface area contributed by atoms with Gasteiger partial charge < -0.3 is 19.9 Å². The van der Waals surface area contributed by atoms with Crippen LogP contribution in [0.2, 0.25) is 0 Å². The van der Waals surface area contributed by atoms with Gasteiger partial charge in [-0.3, -0.25) is 9.63 Å². The van der Waals surface area contributed by atoms with Gasteiger partial charge >= 0.3 is 6.09 Å². The molecule has 11 nitrogen and oxygen atoms in total. The smallest absolute Gasteiger partial charge is 0.407 e. The fourth-order valence-corrected chi connectivity index (χ4v) is 2.65. The number of alkyl carbamates (subject to hydrolysis) is 1. The van der Waals surface area contributed by atoms with Crippen molar-refractivity contribution in [3.05, 3.63) is 18.0 Å². The molecule has 2 N–H and O–H groups in total. The summed E-state index contributed by atoms with van der Waals surface area (Å²) in [5.41, 5.74) is 2.55. The number of carbonyl (C=O) groups excluding carboxylic acids is 2. The maximum atomic E-state index is 12.3. The molecule has 2 rings (SSSR count). The molecule has 1 fully saturated rings. The van der Waals surface area contributed by atoms with Crippen molar-refractivity contribution in [3.63, 3.8) is 0 Å². The second-order valence-corrected chi connectivity index (χ2v) is 7.94. The number of ether oxygens (including phenoxy) is 1. The van der Waals surface area contributed by atoms with Gasteiger partial charge in [0.1, 0.15) is 18.3 Å². The lowest BCUT2D eigenvalue weighted by Crippen LogP contribution is -2.50. The summed E-state index contributed by atoms with van der Waals surface area (Å²) in [5.74, 6) is 0.418. The van der Waals surface area contributed by atoms with Gasteiger partial charge in [-0.2, -0.15) is 10.7 Å². The van der Waals surface area contributed by atoms with Gasteiger partial charge in [0.2, 0.25) is 5.95 Å². The zero-order valence-electron chi connectivity index (χ0n) is 17.8. The summed E-state index contributed by atoms with van der Waals surface area (Å²) in [6.07, 6.45) is 2.47. The molecule has 0 aromatic carbocycles. The van der Waals surface area contributed by atoms with Crippen LogP contribution < -0.4 is 15.7 Å². The Bertz CT molecular complexity index is 750. The molecule has 0 spiro atoms. The van der Waals surface area contributed by atoms with E-state index in [1.165, 1.54) is 12.4 Å². The Balaban J connectivity index is 1.63. The van der Waals surface area contributed by atoms with Crippen LogP contribution in [0.15, 0.2) is 12.4 Å². The number of anilines is 1. The Hall–Kier alpha value is -2.97. The van der Waals surface area contributed by atoms with Crippen molar-refractivity contribution in [1.29, 1.82) is 5.26 Å². The van der Waals surface area contributed by atoms with Crippen LogP contribution in [0.4, 0.5) is 10.7 Å². The molecule has 0 aliphatic carbocycles. The van der Waals surface area contributed by atoms with Crippen LogP contribution >= 0.6 is 0 Å². The summed E-state index contributed by atoms with van der Waals surface area (Å²) in [4.78, 5) is 41.2. The van der Waals surface area contributed by atoms with Crippen LogP contribution in [-0.4, -0.2) is 77.8 Å². The van der Waals surface area contributed by atoms with Crippen molar-refractivity contribution in [2.24, 2.45) is 0 Å². The summed E-state index contributed by atoms with van der Waals surface area (Å²) in [6.45, 7) is 9.66. The molecule has 2 amide bonds. The normalized spacial score (nSPS) is 15.3. The number of hydrogen-bond donors (Lipinski definition) is 2. The Morgan fingerprint density at radius 1 is 1.23 bits per heavy atom. The highest BCUT2D eigenvalue weighted by molar-refractivity contribution is 5.77. The molecular formula is C19H29N7O4. The van der Waals surface area contributed by atoms with Crippen LogP contribution in [0.5, 0.6) is 0 Å². The van der Waals surface area contributed by atoms with E-state index in [0.717, 1.165) is 0 Å². The van der Waals surface area contributed by atoms with Crippen LogP contribution in [0.3, 0.4) is 0 Å². The van der Waals surface area contributed by atoms with E-state index < -0.39 is 11.7 Å². The van der Waals surface area contributed by atoms with Gasteiger partial charge in [0.15, 0.2) is 0 Å². The fraction of sp³-hybridized carbons (Fsp3) is 0.632. The fourth-order valence-electron chi connectivity index (χ4n) is 2.65. The number of hydroxylamine groups is 1. The van der Waals surface area contributed by atoms with Crippen molar-refractivity contribution >= 4 is 17.9 Å². The topological polar surface area (TPSA) is 133 Å². The molecule has 0 unspecified atom stereocenters. The number of piperazine rings is 1. The first-order chi connectivity index (χ1) is 14.2. The molecule has 1 aliphatic rings. The zero-order chi connectivity index (χ0) is 22.1. The second-order valence-electron chi connectivity index (χ2n) is 7.94. The van der Waals surface area contributed by atoms with Crippen molar-refractivity contribution in [2.75, 3.05) is 44.2 Å². The van der Waals surface area contributed by atoms with E-state index >= 15 is 0 Å². The van der Waals surface area contributed by atoms with Gasteiger partial charge in [0.25, 0.3) is 5.91 Å². The van der Waals surface area contributed by atoms with E-state index in [4.69, 9.17) is 14.8 Å². The number of nitriles is 1. The number of rotatable bonds is 7. The van der Waals surface area contributed by atoms with Crippen molar-refractivity contribution < 1.29 is 19.2 Å². The average Bonchev–Trinajstić information content (AvgIpc) is 2.69. The minimum Gasteiger partial charge on any atom is -0.444 e. The highest BCUT2D eigenvalue weighted by atomic mass is 16.6. The minimum absolute atomic E-state index is 0.105. The summed E-state index contributed by atoms with van der Waals surface area (Å²) < 4.78 is 5.18. The third kappa shape index (κ3) is 7.81. The average molecular weight is 419 g/mol. The molecule has 0 radical (unpaired) electrons. The monoisotopic (exact) mass is 419 g/mol. The van der Waals surface area contributed by atoms with Gasteiger partial charge in [0, 0.05) is 38.8 Å². The van der Waals surface area contributed by atoms with Crippen LogP contribution in [0, 0.1) is 11.3 Å². The van der Waals surface area contributed by atoms with Gasteiger partial charge in [-0.1, -0.05) is 0 Å².